The molecule has 3 atom stereocenters. The van der Waals surface area contributed by atoms with E-state index < -0.39 is 18.2 Å². The lowest BCUT2D eigenvalue weighted by molar-refractivity contribution is -0.151. The predicted molar refractivity (Wildman–Crippen MR) is 264 cm³/mol. The number of hydrogen-bond acceptors (Lipinski definition) is 5. The number of rotatable bonds is 47. The van der Waals surface area contributed by atoms with Crippen molar-refractivity contribution >= 4 is 11.9 Å². The van der Waals surface area contributed by atoms with Crippen LogP contribution in [0.3, 0.4) is 0 Å². The van der Waals surface area contributed by atoms with Crippen LogP contribution in [0.5, 0.6) is 0 Å². The van der Waals surface area contributed by atoms with Gasteiger partial charge in [0.25, 0.3) is 0 Å². The minimum atomic E-state index is -0.794. The Morgan fingerprint density at radius 2 is 0.885 bits per heavy atom. The SMILES string of the molecule is CC/C=C/C/C=C/C/C=C/CCCCCCC(CC(=O)NC(CO)C(O)CCCCCCCCCCCCCC)OC(=O)CCCCCCC/C=C/CCCCCCCCC. The van der Waals surface area contributed by atoms with Gasteiger partial charge in [0.1, 0.15) is 6.10 Å². The highest BCUT2D eigenvalue weighted by Crippen LogP contribution is 2.18. The maximum Gasteiger partial charge on any atom is 0.306 e. The summed E-state index contributed by atoms with van der Waals surface area (Å²) in [4.78, 5) is 26.2. The van der Waals surface area contributed by atoms with Gasteiger partial charge in [-0.3, -0.25) is 9.59 Å². The van der Waals surface area contributed by atoms with Crippen LogP contribution in [0.4, 0.5) is 0 Å². The van der Waals surface area contributed by atoms with E-state index >= 15 is 0 Å². The van der Waals surface area contributed by atoms with E-state index in [9.17, 15) is 19.8 Å². The van der Waals surface area contributed by atoms with Gasteiger partial charge in [-0.05, 0) is 83.5 Å². The Morgan fingerprint density at radius 1 is 0.492 bits per heavy atom. The average Bonchev–Trinajstić information content (AvgIpc) is 3.25. The van der Waals surface area contributed by atoms with E-state index in [4.69, 9.17) is 4.74 Å². The van der Waals surface area contributed by atoms with Gasteiger partial charge in [-0.15, -0.1) is 0 Å². The molecular formula is C55H101NO5. The fourth-order valence-electron chi connectivity index (χ4n) is 7.91. The normalized spacial score (nSPS) is 13.6. The zero-order chi connectivity index (χ0) is 44.5. The number of hydrogen-bond donors (Lipinski definition) is 3. The molecule has 0 aliphatic rings. The highest BCUT2D eigenvalue weighted by molar-refractivity contribution is 5.77. The van der Waals surface area contributed by atoms with Crippen molar-refractivity contribution in [1.29, 1.82) is 0 Å². The molecule has 0 heterocycles. The summed E-state index contributed by atoms with van der Waals surface area (Å²) in [6, 6.07) is -0.710. The van der Waals surface area contributed by atoms with Gasteiger partial charge >= 0.3 is 5.97 Å². The Kier molecular flexibility index (Phi) is 47.1. The van der Waals surface area contributed by atoms with Crippen LogP contribution >= 0.6 is 0 Å². The molecule has 0 aromatic rings. The van der Waals surface area contributed by atoms with Gasteiger partial charge in [-0.1, -0.05) is 217 Å². The number of aliphatic hydroxyl groups excluding tert-OH is 2. The summed E-state index contributed by atoms with van der Waals surface area (Å²) in [5, 5.41) is 23.8. The molecule has 0 bridgehead atoms. The van der Waals surface area contributed by atoms with Crippen LogP contribution in [0.2, 0.25) is 0 Å². The molecule has 1 amide bonds. The highest BCUT2D eigenvalue weighted by atomic mass is 16.5. The Balaban J connectivity index is 4.61. The summed E-state index contributed by atoms with van der Waals surface area (Å²) in [5.41, 5.74) is 0. The minimum absolute atomic E-state index is 0.0601. The summed E-state index contributed by atoms with van der Waals surface area (Å²) in [7, 11) is 0. The van der Waals surface area contributed by atoms with E-state index in [1.807, 2.05) is 0 Å². The summed E-state index contributed by atoms with van der Waals surface area (Å²) in [6.07, 6.45) is 58.8. The molecule has 61 heavy (non-hydrogen) atoms. The Labute approximate surface area is 378 Å². The Morgan fingerprint density at radius 3 is 1.36 bits per heavy atom. The van der Waals surface area contributed by atoms with E-state index in [-0.39, 0.29) is 24.9 Å². The number of esters is 1. The van der Waals surface area contributed by atoms with Crippen LogP contribution in [0, 0.1) is 0 Å². The van der Waals surface area contributed by atoms with E-state index in [1.54, 1.807) is 0 Å². The number of amides is 1. The lowest BCUT2D eigenvalue weighted by atomic mass is 10.0. The van der Waals surface area contributed by atoms with Crippen molar-refractivity contribution in [1.82, 2.24) is 5.32 Å². The van der Waals surface area contributed by atoms with Gasteiger partial charge in [0.2, 0.25) is 5.91 Å². The fourth-order valence-corrected chi connectivity index (χ4v) is 7.91. The van der Waals surface area contributed by atoms with Crippen molar-refractivity contribution in [3.05, 3.63) is 48.6 Å². The molecule has 0 aliphatic carbocycles. The second kappa shape index (κ2) is 48.8. The maximum atomic E-state index is 13.2. The van der Waals surface area contributed by atoms with Gasteiger partial charge in [0.05, 0.1) is 25.2 Å². The molecule has 3 unspecified atom stereocenters. The molecular weight excluding hydrogens is 755 g/mol. The van der Waals surface area contributed by atoms with Crippen molar-refractivity contribution in [2.45, 2.75) is 283 Å². The summed E-state index contributed by atoms with van der Waals surface area (Å²) < 4.78 is 5.93. The van der Waals surface area contributed by atoms with Crippen LogP contribution in [0.25, 0.3) is 0 Å². The standard InChI is InChI=1S/C55H101NO5/c1-4-7-10-13-16-19-22-25-27-28-30-33-36-39-42-45-48-55(60)61-51(46-43-40-37-34-31-29-26-23-20-17-14-11-8-5-2)49-54(59)56-52(50-57)53(58)47-44-41-38-35-32-24-21-18-15-12-9-6-3/h8,11,17,20,26-29,51-53,57-58H,4-7,9-10,12-16,18-19,21-25,30-50H2,1-3H3,(H,56,59)/b11-8+,20-17+,28-27+,29-26+. The predicted octanol–water partition coefficient (Wildman–Crippen LogP) is 15.8. The molecule has 0 saturated carbocycles. The lowest BCUT2D eigenvalue weighted by Crippen LogP contribution is -2.46. The number of carbonyl (C=O) groups excluding carboxylic acids is 2. The first kappa shape index (κ1) is 58.8. The van der Waals surface area contributed by atoms with Crippen molar-refractivity contribution in [2.24, 2.45) is 0 Å². The monoisotopic (exact) mass is 856 g/mol. The molecule has 3 N–H and O–H groups in total. The number of unbranched alkanes of at least 4 members (excludes halogenated alkanes) is 27. The van der Waals surface area contributed by atoms with E-state index in [0.29, 0.717) is 19.3 Å². The minimum Gasteiger partial charge on any atom is -0.462 e. The van der Waals surface area contributed by atoms with E-state index in [2.05, 4.69) is 74.7 Å². The Hall–Kier alpha value is -2.18. The average molecular weight is 856 g/mol. The van der Waals surface area contributed by atoms with Gasteiger partial charge in [-0.2, -0.15) is 0 Å². The van der Waals surface area contributed by atoms with Crippen molar-refractivity contribution in [3.8, 4) is 0 Å². The zero-order valence-corrected chi connectivity index (χ0v) is 40.5. The Bertz CT molecular complexity index is 1050. The summed E-state index contributed by atoms with van der Waals surface area (Å²) in [5.74, 6) is -0.500. The first-order valence-electron chi connectivity index (χ1n) is 26.4. The third kappa shape index (κ3) is 44.2. The number of allylic oxidation sites excluding steroid dienone is 8. The van der Waals surface area contributed by atoms with Crippen LogP contribution in [-0.4, -0.2) is 46.9 Å². The molecule has 6 heteroatoms. The highest BCUT2D eigenvalue weighted by Gasteiger charge is 2.24. The maximum absolute atomic E-state index is 13.2. The number of aliphatic hydroxyl groups is 2. The second-order valence-electron chi connectivity index (χ2n) is 17.9. The molecule has 0 aromatic carbocycles. The van der Waals surface area contributed by atoms with Crippen LogP contribution in [0.1, 0.15) is 265 Å². The van der Waals surface area contributed by atoms with Crippen LogP contribution in [-0.2, 0) is 14.3 Å². The van der Waals surface area contributed by atoms with E-state index in [0.717, 1.165) is 96.3 Å². The molecule has 0 rings (SSSR count). The largest absolute Gasteiger partial charge is 0.462 e. The molecule has 0 spiro atoms. The third-order valence-electron chi connectivity index (χ3n) is 11.9. The van der Waals surface area contributed by atoms with Crippen LogP contribution < -0.4 is 5.32 Å². The van der Waals surface area contributed by atoms with Gasteiger partial charge in [-0.25, -0.2) is 0 Å². The quantitative estimate of drug-likeness (QED) is 0.0322. The van der Waals surface area contributed by atoms with Gasteiger partial charge in [0, 0.05) is 6.42 Å². The topological polar surface area (TPSA) is 95.9 Å². The molecule has 0 saturated heterocycles. The number of ether oxygens (including phenoxy) is 1. The number of carbonyl (C=O) groups is 2. The molecule has 0 aliphatic heterocycles. The van der Waals surface area contributed by atoms with Crippen molar-refractivity contribution < 1.29 is 24.5 Å². The van der Waals surface area contributed by atoms with Crippen molar-refractivity contribution in [3.63, 3.8) is 0 Å². The molecule has 0 radical (unpaired) electrons. The van der Waals surface area contributed by atoms with Crippen LogP contribution in [0.15, 0.2) is 48.6 Å². The molecule has 6 nitrogen and oxygen atoms in total. The zero-order valence-electron chi connectivity index (χ0n) is 40.5. The molecule has 356 valence electrons. The molecule has 0 fully saturated rings. The second-order valence-corrected chi connectivity index (χ2v) is 17.9. The first-order valence-corrected chi connectivity index (χ1v) is 26.4. The van der Waals surface area contributed by atoms with E-state index in [1.165, 1.54) is 122 Å². The van der Waals surface area contributed by atoms with Gasteiger partial charge in [0.15, 0.2) is 0 Å². The summed E-state index contributed by atoms with van der Waals surface area (Å²) in [6.45, 7) is 6.37. The first-order chi connectivity index (χ1) is 30.0. The fraction of sp³-hybridized carbons (Fsp3) is 0.818. The number of nitrogens with one attached hydrogen (secondary N) is 1. The lowest BCUT2D eigenvalue weighted by Gasteiger charge is -2.24. The van der Waals surface area contributed by atoms with Crippen molar-refractivity contribution in [2.75, 3.05) is 6.61 Å². The summed E-state index contributed by atoms with van der Waals surface area (Å²) >= 11 is 0. The smallest absolute Gasteiger partial charge is 0.306 e. The third-order valence-corrected chi connectivity index (χ3v) is 11.9. The van der Waals surface area contributed by atoms with Gasteiger partial charge < -0.3 is 20.3 Å². The molecule has 0 aromatic heterocycles.